The van der Waals surface area contributed by atoms with Crippen LogP contribution in [0.4, 0.5) is 11.4 Å². The molecule has 182 valence electrons. The first-order chi connectivity index (χ1) is 17.1. The third kappa shape index (κ3) is 6.05. The summed E-state index contributed by atoms with van der Waals surface area (Å²) in [6, 6.07) is 16.1. The van der Waals surface area contributed by atoms with E-state index in [2.05, 4.69) is 33.9 Å². The van der Waals surface area contributed by atoms with Crippen LogP contribution in [-0.2, 0) is 4.74 Å². The molecular weight excluding hydrogens is 440 g/mol. The number of rotatable bonds is 11. The van der Waals surface area contributed by atoms with Crippen LogP contribution in [-0.4, -0.2) is 48.9 Å². The lowest BCUT2D eigenvalue weighted by Gasteiger charge is -2.26. The van der Waals surface area contributed by atoms with Gasteiger partial charge in [0.05, 0.1) is 37.1 Å². The molecule has 2 aromatic carbocycles. The molecule has 0 N–H and O–H groups in total. The molecule has 0 bridgehead atoms. The van der Waals surface area contributed by atoms with Crippen molar-refractivity contribution in [1.29, 1.82) is 0 Å². The van der Waals surface area contributed by atoms with Crippen molar-refractivity contribution >= 4 is 22.4 Å². The summed E-state index contributed by atoms with van der Waals surface area (Å²) in [4.78, 5) is 16.2. The number of anilines is 2. The number of hydrogen-bond donors (Lipinski definition) is 0. The van der Waals surface area contributed by atoms with Crippen molar-refractivity contribution < 1.29 is 14.2 Å². The molecule has 0 spiro atoms. The molecule has 0 atom stereocenters. The Hall–Kier alpha value is -3.71. The molecule has 0 fully saturated rings. The molecule has 0 aliphatic rings. The summed E-state index contributed by atoms with van der Waals surface area (Å²) in [5, 5.41) is 0. The van der Waals surface area contributed by atoms with E-state index < -0.39 is 0 Å². The standard InChI is InChI=1S/C28H32N4O3/c1-5-12-35-13-6-11-32(23-14-24(33-3)17-25(15-23)34-4)22-9-10-26-27(16-22)31-28(19-30-26)21-8-7-20(2)29-18-21/h7-10,14-19H,5-6,11-13H2,1-4H3. The second kappa shape index (κ2) is 11.6. The van der Waals surface area contributed by atoms with E-state index in [9.17, 15) is 0 Å². The fourth-order valence-corrected chi connectivity index (χ4v) is 3.85. The molecule has 7 heteroatoms. The number of hydrogen-bond acceptors (Lipinski definition) is 7. The summed E-state index contributed by atoms with van der Waals surface area (Å²) in [7, 11) is 3.32. The summed E-state index contributed by atoms with van der Waals surface area (Å²) in [5.74, 6) is 1.47. The Balaban J connectivity index is 1.71. The van der Waals surface area contributed by atoms with Gasteiger partial charge >= 0.3 is 0 Å². The topological polar surface area (TPSA) is 69.6 Å². The summed E-state index contributed by atoms with van der Waals surface area (Å²) in [6.07, 6.45) is 5.52. The van der Waals surface area contributed by atoms with Gasteiger partial charge < -0.3 is 19.1 Å². The van der Waals surface area contributed by atoms with Crippen molar-refractivity contribution in [3.63, 3.8) is 0 Å². The summed E-state index contributed by atoms with van der Waals surface area (Å²) in [6.45, 7) is 6.32. The zero-order valence-corrected chi connectivity index (χ0v) is 20.8. The van der Waals surface area contributed by atoms with Gasteiger partial charge in [-0.05, 0) is 50.1 Å². The molecule has 0 aliphatic carbocycles. The number of nitrogens with zero attached hydrogens (tertiary/aromatic N) is 4. The highest BCUT2D eigenvalue weighted by atomic mass is 16.5. The first-order valence-electron chi connectivity index (χ1n) is 11.9. The Bertz CT molecular complexity index is 1240. The van der Waals surface area contributed by atoms with Gasteiger partial charge in [-0.25, -0.2) is 4.98 Å². The number of aryl methyl sites for hydroxylation is 1. The molecule has 4 aromatic rings. The third-order valence-electron chi connectivity index (χ3n) is 5.71. The highest BCUT2D eigenvalue weighted by Gasteiger charge is 2.14. The van der Waals surface area contributed by atoms with E-state index in [1.54, 1.807) is 20.4 Å². The van der Waals surface area contributed by atoms with Crippen molar-refractivity contribution in [1.82, 2.24) is 15.0 Å². The van der Waals surface area contributed by atoms with Crippen LogP contribution in [0.3, 0.4) is 0 Å². The fraction of sp³-hybridized carbons (Fsp3) is 0.321. The lowest BCUT2D eigenvalue weighted by molar-refractivity contribution is 0.134. The molecule has 0 radical (unpaired) electrons. The Morgan fingerprint density at radius 2 is 1.60 bits per heavy atom. The van der Waals surface area contributed by atoms with Gasteiger partial charge in [-0.2, -0.15) is 0 Å². The number of aromatic nitrogens is 3. The number of methoxy groups -OCH3 is 2. The van der Waals surface area contributed by atoms with Gasteiger partial charge in [0, 0.05) is 66.8 Å². The number of ether oxygens (including phenoxy) is 3. The average Bonchev–Trinajstić information content (AvgIpc) is 2.90. The maximum atomic E-state index is 5.73. The van der Waals surface area contributed by atoms with Gasteiger partial charge in [-0.3, -0.25) is 9.97 Å². The lowest BCUT2D eigenvalue weighted by Crippen LogP contribution is -2.20. The normalized spacial score (nSPS) is 11.0. The second-order valence-electron chi connectivity index (χ2n) is 8.30. The summed E-state index contributed by atoms with van der Waals surface area (Å²) >= 11 is 0. The molecule has 0 saturated heterocycles. The minimum absolute atomic E-state index is 0.698. The van der Waals surface area contributed by atoms with Crippen LogP contribution in [0, 0.1) is 6.92 Å². The molecule has 0 amide bonds. The summed E-state index contributed by atoms with van der Waals surface area (Å²) < 4.78 is 16.8. The quantitative estimate of drug-likeness (QED) is 0.249. The van der Waals surface area contributed by atoms with Crippen LogP contribution < -0.4 is 14.4 Å². The van der Waals surface area contributed by atoms with Crippen LogP contribution in [0.15, 0.2) is 60.9 Å². The van der Waals surface area contributed by atoms with Crippen LogP contribution >= 0.6 is 0 Å². The van der Waals surface area contributed by atoms with E-state index in [4.69, 9.17) is 19.2 Å². The highest BCUT2D eigenvalue weighted by Crippen LogP contribution is 2.34. The van der Waals surface area contributed by atoms with Crippen LogP contribution in [0.2, 0.25) is 0 Å². The van der Waals surface area contributed by atoms with Crippen LogP contribution in [0.1, 0.15) is 25.5 Å². The Kier molecular flexibility index (Phi) is 8.11. The molecule has 2 aromatic heterocycles. The average molecular weight is 473 g/mol. The monoisotopic (exact) mass is 472 g/mol. The van der Waals surface area contributed by atoms with Crippen molar-refractivity contribution in [2.75, 3.05) is 38.9 Å². The lowest BCUT2D eigenvalue weighted by atomic mass is 10.1. The summed E-state index contributed by atoms with van der Waals surface area (Å²) in [5.41, 5.74) is 6.36. The van der Waals surface area contributed by atoms with E-state index >= 15 is 0 Å². The third-order valence-corrected chi connectivity index (χ3v) is 5.71. The molecule has 35 heavy (non-hydrogen) atoms. The van der Waals surface area contributed by atoms with E-state index in [0.717, 1.165) is 76.9 Å². The number of fused-ring (bicyclic) bond motifs is 1. The van der Waals surface area contributed by atoms with Gasteiger partial charge in [0.15, 0.2) is 0 Å². The Morgan fingerprint density at radius 3 is 2.29 bits per heavy atom. The molecular formula is C28H32N4O3. The molecule has 0 saturated carbocycles. The SMILES string of the molecule is CCCOCCCN(c1cc(OC)cc(OC)c1)c1ccc2ncc(-c3ccc(C)nc3)nc2c1. The zero-order valence-electron chi connectivity index (χ0n) is 20.8. The first kappa shape index (κ1) is 24.4. The first-order valence-corrected chi connectivity index (χ1v) is 11.9. The molecule has 0 aliphatic heterocycles. The molecule has 4 rings (SSSR count). The molecule has 2 heterocycles. The van der Waals surface area contributed by atoms with Gasteiger partial charge in [0.1, 0.15) is 11.5 Å². The molecule has 7 nitrogen and oxygen atoms in total. The van der Waals surface area contributed by atoms with Crippen molar-refractivity contribution in [3.05, 3.63) is 66.6 Å². The number of benzene rings is 2. The van der Waals surface area contributed by atoms with Crippen molar-refractivity contribution in [3.8, 4) is 22.8 Å². The number of pyridine rings is 1. The van der Waals surface area contributed by atoms with Crippen molar-refractivity contribution in [2.45, 2.75) is 26.7 Å². The Labute approximate surface area is 206 Å². The van der Waals surface area contributed by atoms with E-state index in [0.29, 0.717) is 6.61 Å². The van der Waals surface area contributed by atoms with Gasteiger partial charge in [0.25, 0.3) is 0 Å². The van der Waals surface area contributed by atoms with Crippen LogP contribution in [0.5, 0.6) is 11.5 Å². The fourth-order valence-electron chi connectivity index (χ4n) is 3.85. The zero-order chi connectivity index (χ0) is 24.6. The van der Waals surface area contributed by atoms with Gasteiger partial charge in [0.2, 0.25) is 0 Å². The minimum Gasteiger partial charge on any atom is -0.497 e. The predicted molar refractivity (Wildman–Crippen MR) is 140 cm³/mol. The van der Waals surface area contributed by atoms with E-state index in [-0.39, 0.29) is 0 Å². The van der Waals surface area contributed by atoms with E-state index in [1.807, 2.05) is 49.5 Å². The smallest absolute Gasteiger partial charge is 0.124 e. The van der Waals surface area contributed by atoms with E-state index in [1.165, 1.54) is 0 Å². The predicted octanol–water partition coefficient (Wildman–Crippen LogP) is 5.97. The largest absolute Gasteiger partial charge is 0.497 e. The maximum absolute atomic E-state index is 5.73. The molecule has 0 unspecified atom stereocenters. The Morgan fingerprint density at radius 1 is 0.800 bits per heavy atom. The maximum Gasteiger partial charge on any atom is 0.124 e. The minimum atomic E-state index is 0.698. The van der Waals surface area contributed by atoms with Gasteiger partial charge in [-0.15, -0.1) is 0 Å². The van der Waals surface area contributed by atoms with Crippen LogP contribution in [0.25, 0.3) is 22.3 Å². The second-order valence-corrected chi connectivity index (χ2v) is 8.30. The van der Waals surface area contributed by atoms with Crippen molar-refractivity contribution in [2.24, 2.45) is 0 Å². The highest BCUT2D eigenvalue weighted by molar-refractivity contribution is 5.82. The van der Waals surface area contributed by atoms with Gasteiger partial charge in [-0.1, -0.05) is 6.92 Å².